The fourth-order valence-electron chi connectivity index (χ4n) is 3.72. The van der Waals surface area contributed by atoms with E-state index in [4.69, 9.17) is 26.5 Å². The van der Waals surface area contributed by atoms with Crippen LogP contribution in [0.5, 0.6) is 0 Å². The topological polar surface area (TPSA) is 78.8 Å². The third-order valence-corrected chi connectivity index (χ3v) is 5.18. The van der Waals surface area contributed by atoms with Gasteiger partial charge in [0.1, 0.15) is 0 Å². The lowest BCUT2D eigenvalue weighted by atomic mass is 9.93. The van der Waals surface area contributed by atoms with Crippen molar-refractivity contribution in [2.75, 3.05) is 0 Å². The van der Waals surface area contributed by atoms with Crippen LogP contribution in [0, 0.1) is 0 Å². The predicted octanol–water partition coefficient (Wildman–Crippen LogP) is 7.58. The summed E-state index contributed by atoms with van der Waals surface area (Å²) in [6.07, 6.45) is 20.2. The van der Waals surface area contributed by atoms with Crippen LogP contribution in [0.1, 0.15) is 0 Å². The summed E-state index contributed by atoms with van der Waals surface area (Å²) in [5, 5.41) is 0. The van der Waals surface area contributed by atoms with E-state index in [9.17, 15) is 0 Å². The molecule has 0 aromatic carbocycles. The molecular formula is C24H14O6. The average molecular weight is 398 g/mol. The number of furan rings is 6. The van der Waals surface area contributed by atoms with Crippen LogP contribution in [-0.4, -0.2) is 0 Å². The molecule has 0 fully saturated rings. The largest absolute Gasteiger partial charge is 0.472 e. The lowest BCUT2D eigenvalue weighted by Crippen LogP contribution is -1.83. The van der Waals surface area contributed by atoms with Gasteiger partial charge in [0.15, 0.2) is 0 Å². The second-order valence-corrected chi connectivity index (χ2v) is 6.82. The van der Waals surface area contributed by atoms with Crippen molar-refractivity contribution in [1.82, 2.24) is 0 Å². The third kappa shape index (κ3) is 2.51. The molecule has 0 saturated heterocycles. The van der Waals surface area contributed by atoms with Crippen LogP contribution in [0.15, 0.2) is 114 Å². The van der Waals surface area contributed by atoms with Crippen molar-refractivity contribution in [3.05, 3.63) is 87.3 Å². The fraction of sp³-hybridized carbons (Fsp3) is 0. The van der Waals surface area contributed by atoms with Gasteiger partial charge in [-0.05, 0) is 12.1 Å². The second-order valence-electron chi connectivity index (χ2n) is 6.82. The molecule has 146 valence electrons. The molecule has 0 bridgehead atoms. The highest BCUT2D eigenvalue weighted by Gasteiger charge is 2.23. The quantitative estimate of drug-likeness (QED) is 0.298. The molecule has 6 heteroatoms. The predicted molar refractivity (Wildman–Crippen MR) is 107 cm³/mol. The zero-order chi connectivity index (χ0) is 19.9. The van der Waals surface area contributed by atoms with Crippen LogP contribution in [-0.2, 0) is 0 Å². The van der Waals surface area contributed by atoms with Crippen LogP contribution in [0.4, 0.5) is 0 Å². The zero-order valence-electron chi connectivity index (χ0n) is 15.5. The molecule has 6 aromatic heterocycles. The molecule has 0 amide bonds. The Morgan fingerprint density at radius 2 is 0.600 bits per heavy atom. The maximum Gasteiger partial charge on any atom is 0.0988 e. The molecule has 0 spiro atoms. The Morgan fingerprint density at radius 1 is 0.300 bits per heavy atom. The van der Waals surface area contributed by atoms with Gasteiger partial charge in [0.2, 0.25) is 0 Å². The third-order valence-electron chi connectivity index (χ3n) is 5.18. The summed E-state index contributed by atoms with van der Waals surface area (Å²) in [4.78, 5) is 0. The van der Waals surface area contributed by atoms with Crippen molar-refractivity contribution in [2.45, 2.75) is 0 Å². The highest BCUT2D eigenvalue weighted by Crippen LogP contribution is 2.45. The van der Waals surface area contributed by atoms with Crippen molar-refractivity contribution in [3.8, 4) is 55.6 Å². The summed E-state index contributed by atoms with van der Waals surface area (Å²) >= 11 is 0. The summed E-state index contributed by atoms with van der Waals surface area (Å²) in [5.41, 5.74) is 9.01. The second kappa shape index (κ2) is 6.63. The number of hydrogen-bond donors (Lipinski definition) is 0. The van der Waals surface area contributed by atoms with Crippen molar-refractivity contribution in [1.29, 1.82) is 0 Å². The van der Waals surface area contributed by atoms with Gasteiger partial charge in [-0.2, -0.15) is 0 Å². The lowest BCUT2D eigenvalue weighted by Gasteiger charge is -2.05. The van der Waals surface area contributed by atoms with Gasteiger partial charge >= 0.3 is 0 Å². The Balaban J connectivity index is 1.49. The molecule has 6 rings (SSSR count). The van der Waals surface area contributed by atoms with Gasteiger partial charge in [-0.15, -0.1) is 0 Å². The van der Waals surface area contributed by atoms with E-state index in [1.165, 1.54) is 0 Å². The summed E-state index contributed by atoms with van der Waals surface area (Å²) in [6.45, 7) is 0. The Hall–Kier alpha value is -4.32. The first-order valence-electron chi connectivity index (χ1n) is 9.21. The van der Waals surface area contributed by atoms with E-state index in [2.05, 4.69) is 0 Å². The highest BCUT2D eigenvalue weighted by atomic mass is 16.3. The Morgan fingerprint density at radius 3 is 0.900 bits per heavy atom. The van der Waals surface area contributed by atoms with Gasteiger partial charge in [0, 0.05) is 55.6 Å². The normalized spacial score (nSPS) is 11.3. The van der Waals surface area contributed by atoms with E-state index in [1.807, 2.05) is 12.1 Å². The molecule has 6 heterocycles. The highest BCUT2D eigenvalue weighted by molar-refractivity contribution is 5.96. The summed E-state index contributed by atoms with van der Waals surface area (Å²) in [6, 6.07) is 3.78. The molecule has 0 radical (unpaired) electrons. The maximum atomic E-state index is 5.60. The molecule has 0 atom stereocenters. The smallest absolute Gasteiger partial charge is 0.0988 e. The van der Waals surface area contributed by atoms with Crippen LogP contribution in [0.25, 0.3) is 55.6 Å². The van der Waals surface area contributed by atoms with E-state index in [-0.39, 0.29) is 0 Å². The van der Waals surface area contributed by atoms with Crippen LogP contribution < -0.4 is 0 Å². The first-order valence-corrected chi connectivity index (χ1v) is 9.21. The van der Waals surface area contributed by atoms with E-state index in [0.29, 0.717) is 0 Å². The van der Waals surface area contributed by atoms with Gasteiger partial charge in [-0.25, -0.2) is 0 Å². The Labute approximate surface area is 169 Å². The number of rotatable bonds is 5. The van der Waals surface area contributed by atoms with E-state index in [0.717, 1.165) is 55.6 Å². The van der Waals surface area contributed by atoms with Gasteiger partial charge < -0.3 is 26.5 Å². The molecular weight excluding hydrogens is 384 g/mol. The van der Waals surface area contributed by atoms with Crippen LogP contribution in [0.2, 0.25) is 0 Å². The van der Waals surface area contributed by atoms with Crippen molar-refractivity contribution >= 4 is 0 Å². The van der Waals surface area contributed by atoms with Crippen molar-refractivity contribution in [2.24, 2.45) is 0 Å². The lowest BCUT2D eigenvalue weighted by molar-refractivity contribution is 0.563. The SMILES string of the molecule is c1cc(-c2cocc2-c2cocc2-c2cocc2-c2cocc2-c2ccoc2)co1. The van der Waals surface area contributed by atoms with E-state index >= 15 is 0 Å². The zero-order valence-corrected chi connectivity index (χ0v) is 15.5. The average Bonchev–Trinajstić information content (AvgIpc) is 3.60. The fourth-order valence-corrected chi connectivity index (χ4v) is 3.72. The molecule has 0 N–H and O–H groups in total. The summed E-state index contributed by atoms with van der Waals surface area (Å²) < 4.78 is 32.7. The molecule has 0 saturated carbocycles. The summed E-state index contributed by atoms with van der Waals surface area (Å²) in [5.74, 6) is 0. The minimum atomic E-state index is 0.879. The maximum absolute atomic E-state index is 5.60. The molecule has 6 aromatic rings. The molecule has 0 aliphatic rings. The monoisotopic (exact) mass is 398 g/mol. The van der Waals surface area contributed by atoms with Gasteiger partial charge in [0.05, 0.1) is 75.2 Å². The minimum absolute atomic E-state index is 0.879. The van der Waals surface area contributed by atoms with Crippen LogP contribution >= 0.6 is 0 Å². The number of hydrogen-bond acceptors (Lipinski definition) is 6. The summed E-state index contributed by atoms with van der Waals surface area (Å²) in [7, 11) is 0. The first-order chi connectivity index (χ1) is 14.9. The van der Waals surface area contributed by atoms with Crippen molar-refractivity contribution < 1.29 is 26.5 Å². The molecule has 30 heavy (non-hydrogen) atoms. The van der Waals surface area contributed by atoms with Crippen LogP contribution in [0.3, 0.4) is 0 Å². The van der Waals surface area contributed by atoms with E-state index < -0.39 is 0 Å². The molecule has 0 aliphatic heterocycles. The minimum Gasteiger partial charge on any atom is -0.472 e. The standard InChI is InChI=1S/C24H14O6/c1-3-25-5-15(1)17-7-27-9-19(17)21-11-29-13-23(21)24-14-30-12-22(24)20-10-28-8-18(20)16-2-4-26-6-16/h1-14H. The van der Waals surface area contributed by atoms with Gasteiger partial charge in [-0.1, -0.05) is 0 Å². The van der Waals surface area contributed by atoms with Gasteiger partial charge in [0.25, 0.3) is 0 Å². The Kier molecular flexibility index (Phi) is 3.67. The first kappa shape index (κ1) is 16.6. The van der Waals surface area contributed by atoms with E-state index in [1.54, 1.807) is 75.2 Å². The molecule has 0 unspecified atom stereocenters. The van der Waals surface area contributed by atoms with Crippen molar-refractivity contribution in [3.63, 3.8) is 0 Å². The molecule has 6 nitrogen and oxygen atoms in total. The van der Waals surface area contributed by atoms with Gasteiger partial charge in [-0.3, -0.25) is 0 Å². The molecule has 0 aliphatic carbocycles. The Bertz CT molecular complexity index is 1280.